The quantitative estimate of drug-likeness (QED) is 0.223. The van der Waals surface area contributed by atoms with E-state index in [9.17, 15) is 0 Å². The van der Waals surface area contributed by atoms with Crippen LogP contribution in [0.15, 0.2) is 136 Å². The van der Waals surface area contributed by atoms with Crippen molar-refractivity contribution in [3.63, 3.8) is 0 Å². The molecule has 8 aromatic rings. The molecule has 2 aromatic heterocycles. The van der Waals surface area contributed by atoms with Crippen LogP contribution in [0.4, 0.5) is 17.1 Å². The number of anilines is 3. The van der Waals surface area contributed by atoms with E-state index in [0.717, 1.165) is 55.6 Å². The highest BCUT2D eigenvalue weighted by Crippen LogP contribution is 2.54. The summed E-state index contributed by atoms with van der Waals surface area (Å²) in [6.45, 7) is 4.65. The number of rotatable bonds is 3. The molecule has 0 bridgehead atoms. The predicted molar refractivity (Wildman–Crippen MR) is 173 cm³/mol. The molecular weight excluding hydrogens is 514 g/mol. The first-order valence-electron chi connectivity index (χ1n) is 14.5. The molecule has 0 unspecified atom stereocenters. The van der Waals surface area contributed by atoms with Gasteiger partial charge in [0.2, 0.25) is 0 Å². The molecule has 0 amide bonds. The molecule has 200 valence electrons. The highest BCUT2D eigenvalue weighted by atomic mass is 16.3. The lowest BCUT2D eigenvalue weighted by Gasteiger charge is -2.26. The molecule has 1 aliphatic carbocycles. The van der Waals surface area contributed by atoms with Crippen LogP contribution in [0.5, 0.6) is 0 Å². The van der Waals surface area contributed by atoms with Crippen molar-refractivity contribution in [2.24, 2.45) is 0 Å². The number of fused-ring (bicyclic) bond motifs is 10. The Morgan fingerprint density at radius 1 is 0.500 bits per heavy atom. The SMILES string of the molecule is CC1(C)c2ccccc2-c2c1ccc1oc3c(N(c4ccccc4)c4cccc5oc6ccccc6c45)cccc3c21. The van der Waals surface area contributed by atoms with Gasteiger partial charge in [-0.2, -0.15) is 0 Å². The second-order valence-electron chi connectivity index (χ2n) is 11.7. The van der Waals surface area contributed by atoms with Crippen molar-refractivity contribution >= 4 is 60.9 Å². The van der Waals surface area contributed by atoms with E-state index in [1.807, 2.05) is 18.2 Å². The molecule has 0 radical (unpaired) electrons. The first-order valence-corrected chi connectivity index (χ1v) is 14.5. The summed E-state index contributed by atoms with van der Waals surface area (Å²) >= 11 is 0. The summed E-state index contributed by atoms with van der Waals surface area (Å²) in [6, 6.07) is 44.8. The summed E-state index contributed by atoms with van der Waals surface area (Å²) in [4.78, 5) is 2.31. The van der Waals surface area contributed by atoms with Gasteiger partial charge < -0.3 is 13.7 Å². The lowest BCUT2D eigenvalue weighted by atomic mass is 9.82. The van der Waals surface area contributed by atoms with Crippen LogP contribution in [-0.4, -0.2) is 0 Å². The molecule has 3 nitrogen and oxygen atoms in total. The van der Waals surface area contributed by atoms with Crippen molar-refractivity contribution in [2.45, 2.75) is 19.3 Å². The van der Waals surface area contributed by atoms with Gasteiger partial charge in [-0.15, -0.1) is 0 Å². The molecule has 0 saturated heterocycles. The van der Waals surface area contributed by atoms with Crippen LogP contribution in [0.25, 0.3) is 55.0 Å². The Morgan fingerprint density at radius 3 is 2.10 bits per heavy atom. The van der Waals surface area contributed by atoms with E-state index in [1.54, 1.807) is 0 Å². The molecule has 0 N–H and O–H groups in total. The van der Waals surface area contributed by atoms with E-state index in [1.165, 1.54) is 27.6 Å². The second kappa shape index (κ2) is 8.37. The highest BCUT2D eigenvalue weighted by molar-refractivity contribution is 6.19. The number of hydrogen-bond donors (Lipinski definition) is 0. The maximum atomic E-state index is 6.83. The summed E-state index contributed by atoms with van der Waals surface area (Å²) in [5.41, 5.74) is 11.8. The average molecular weight is 542 g/mol. The van der Waals surface area contributed by atoms with Gasteiger partial charge in [-0.25, -0.2) is 0 Å². The third kappa shape index (κ3) is 3.05. The summed E-state index contributed by atoms with van der Waals surface area (Å²) in [6.07, 6.45) is 0. The van der Waals surface area contributed by atoms with Gasteiger partial charge in [0, 0.05) is 27.3 Å². The maximum absolute atomic E-state index is 6.83. The molecule has 2 heterocycles. The fourth-order valence-electron chi connectivity index (χ4n) is 7.17. The van der Waals surface area contributed by atoms with Crippen molar-refractivity contribution in [1.29, 1.82) is 0 Å². The first-order chi connectivity index (χ1) is 20.6. The Bertz CT molecular complexity index is 2340. The molecule has 6 aromatic carbocycles. The van der Waals surface area contributed by atoms with E-state index < -0.39 is 0 Å². The number of hydrogen-bond acceptors (Lipinski definition) is 3. The Labute approximate surface area is 243 Å². The van der Waals surface area contributed by atoms with Crippen LogP contribution in [0, 0.1) is 0 Å². The van der Waals surface area contributed by atoms with Crippen LogP contribution in [-0.2, 0) is 5.41 Å². The Balaban J connectivity index is 1.38. The van der Waals surface area contributed by atoms with Crippen molar-refractivity contribution in [3.05, 3.63) is 139 Å². The van der Waals surface area contributed by atoms with Gasteiger partial charge in [0.15, 0.2) is 5.58 Å². The molecule has 9 rings (SSSR count). The van der Waals surface area contributed by atoms with Gasteiger partial charge in [0.05, 0.1) is 16.8 Å². The number of nitrogens with zero attached hydrogens (tertiary/aromatic N) is 1. The fourth-order valence-corrected chi connectivity index (χ4v) is 7.17. The molecule has 0 atom stereocenters. The Morgan fingerprint density at radius 2 is 1.19 bits per heavy atom. The van der Waals surface area contributed by atoms with E-state index in [-0.39, 0.29) is 5.41 Å². The second-order valence-corrected chi connectivity index (χ2v) is 11.7. The number of benzene rings is 6. The minimum absolute atomic E-state index is 0.0740. The van der Waals surface area contributed by atoms with Gasteiger partial charge in [-0.1, -0.05) is 98.8 Å². The Kier molecular flexibility index (Phi) is 4.67. The average Bonchev–Trinajstić information content (AvgIpc) is 3.67. The summed E-state index contributed by atoms with van der Waals surface area (Å²) in [5.74, 6) is 0. The zero-order chi connectivity index (χ0) is 28.0. The van der Waals surface area contributed by atoms with Gasteiger partial charge in [-0.3, -0.25) is 0 Å². The van der Waals surface area contributed by atoms with Crippen molar-refractivity contribution in [2.75, 3.05) is 4.90 Å². The normalized spacial score (nSPS) is 13.7. The molecule has 0 saturated carbocycles. The summed E-state index contributed by atoms with van der Waals surface area (Å²) in [5, 5.41) is 4.48. The summed E-state index contributed by atoms with van der Waals surface area (Å²) in [7, 11) is 0. The smallest absolute Gasteiger partial charge is 0.159 e. The molecule has 0 fully saturated rings. The number of furan rings is 2. The largest absolute Gasteiger partial charge is 0.456 e. The lowest BCUT2D eigenvalue weighted by molar-refractivity contribution is 0.656. The van der Waals surface area contributed by atoms with Gasteiger partial charge in [-0.05, 0) is 64.7 Å². The van der Waals surface area contributed by atoms with Gasteiger partial charge in [0.25, 0.3) is 0 Å². The lowest BCUT2D eigenvalue weighted by Crippen LogP contribution is -2.14. The van der Waals surface area contributed by atoms with Crippen LogP contribution >= 0.6 is 0 Å². The standard InChI is InChI=1S/C39H27NO2/c1-39(2)28-17-8-6-14-25(28)35-29(39)22-23-34-37(35)27-16-10-19-31(38(27)42-34)40(24-12-4-3-5-13-24)30-18-11-21-33-36(30)26-15-7-9-20-32(26)41-33/h3-23H,1-2H3. The molecule has 3 heteroatoms. The minimum Gasteiger partial charge on any atom is -0.456 e. The zero-order valence-corrected chi connectivity index (χ0v) is 23.4. The van der Waals surface area contributed by atoms with Gasteiger partial charge >= 0.3 is 0 Å². The topological polar surface area (TPSA) is 29.5 Å². The predicted octanol–water partition coefficient (Wildman–Crippen LogP) is 11.3. The van der Waals surface area contributed by atoms with Crippen molar-refractivity contribution < 1.29 is 8.83 Å². The van der Waals surface area contributed by atoms with E-state index in [2.05, 4.69) is 128 Å². The van der Waals surface area contributed by atoms with E-state index in [0.29, 0.717) is 0 Å². The summed E-state index contributed by atoms with van der Waals surface area (Å²) < 4.78 is 13.1. The van der Waals surface area contributed by atoms with Crippen LogP contribution < -0.4 is 4.90 Å². The highest BCUT2D eigenvalue weighted by Gasteiger charge is 2.37. The van der Waals surface area contributed by atoms with Crippen molar-refractivity contribution in [1.82, 2.24) is 0 Å². The van der Waals surface area contributed by atoms with Crippen LogP contribution in [0.2, 0.25) is 0 Å². The monoisotopic (exact) mass is 541 g/mol. The first kappa shape index (κ1) is 23.4. The molecule has 1 aliphatic rings. The van der Waals surface area contributed by atoms with E-state index >= 15 is 0 Å². The zero-order valence-electron chi connectivity index (χ0n) is 23.4. The Hall–Kier alpha value is -5.28. The number of para-hydroxylation sites is 3. The molecular formula is C39H27NO2. The maximum Gasteiger partial charge on any atom is 0.159 e. The molecule has 42 heavy (non-hydrogen) atoms. The van der Waals surface area contributed by atoms with E-state index in [4.69, 9.17) is 8.83 Å². The van der Waals surface area contributed by atoms with Crippen LogP contribution in [0.3, 0.4) is 0 Å². The van der Waals surface area contributed by atoms with Gasteiger partial charge in [0.1, 0.15) is 16.7 Å². The molecule has 0 spiro atoms. The molecule has 0 aliphatic heterocycles. The third-order valence-electron chi connectivity index (χ3n) is 9.06. The minimum atomic E-state index is -0.0740. The van der Waals surface area contributed by atoms with Crippen molar-refractivity contribution in [3.8, 4) is 11.1 Å². The third-order valence-corrected chi connectivity index (χ3v) is 9.06. The van der Waals surface area contributed by atoms with Crippen LogP contribution in [0.1, 0.15) is 25.0 Å². The fraction of sp³-hybridized carbons (Fsp3) is 0.0769.